The molecule has 0 aliphatic carbocycles. The number of methoxy groups -OCH3 is 1. The van der Waals surface area contributed by atoms with Crippen LogP contribution in [0.25, 0.3) is 22.1 Å². The molecule has 2 aliphatic rings. The van der Waals surface area contributed by atoms with Gasteiger partial charge < -0.3 is 24.6 Å². The standard InChI is InChI=1S/C30H28F2N10O3/c1-17-9-19(5-8-24(17)45-20-6-7-23-21(10-20)38-39-40(23)3)36-26-25-22(34-16-35-26)11-33-28(37-25)41-13-29(14-41)30(31,32)15-42(29)27(43)18(2)12-44-4/h5-11,16H,2,12-15H2,1,3-4H3,(H,34,35,36). The Morgan fingerprint density at radius 1 is 1.09 bits per heavy atom. The molecule has 0 radical (unpaired) electrons. The van der Waals surface area contributed by atoms with Crippen molar-refractivity contribution in [2.75, 3.05) is 43.6 Å². The van der Waals surface area contributed by atoms with E-state index in [4.69, 9.17) is 9.47 Å². The van der Waals surface area contributed by atoms with Gasteiger partial charge in [-0.3, -0.25) is 4.79 Å². The van der Waals surface area contributed by atoms with Crippen molar-refractivity contribution in [1.82, 2.24) is 39.8 Å². The number of ether oxygens (including phenoxy) is 2. The van der Waals surface area contributed by atoms with Gasteiger partial charge in [0.15, 0.2) is 5.82 Å². The van der Waals surface area contributed by atoms with Crippen molar-refractivity contribution in [1.29, 1.82) is 0 Å². The number of aromatic nitrogens is 7. The number of carbonyl (C=O) groups is 1. The highest BCUT2D eigenvalue weighted by atomic mass is 19.3. The zero-order valence-corrected chi connectivity index (χ0v) is 24.7. The molecule has 0 atom stereocenters. The third-order valence-corrected chi connectivity index (χ3v) is 8.22. The smallest absolute Gasteiger partial charge is 0.291 e. The van der Waals surface area contributed by atoms with E-state index in [0.29, 0.717) is 28.4 Å². The summed E-state index contributed by atoms with van der Waals surface area (Å²) in [5, 5.41) is 11.4. The minimum absolute atomic E-state index is 0.0282. The molecule has 5 heterocycles. The van der Waals surface area contributed by atoms with Gasteiger partial charge in [0, 0.05) is 31.5 Å². The van der Waals surface area contributed by atoms with Gasteiger partial charge in [-0.25, -0.2) is 33.4 Å². The molecule has 3 aromatic heterocycles. The Morgan fingerprint density at radius 2 is 1.91 bits per heavy atom. The maximum Gasteiger partial charge on any atom is 0.291 e. The predicted molar refractivity (Wildman–Crippen MR) is 161 cm³/mol. The lowest BCUT2D eigenvalue weighted by Crippen LogP contribution is -2.88. The molecule has 0 unspecified atom stereocenters. The van der Waals surface area contributed by atoms with Crippen LogP contribution in [0.15, 0.2) is 61.1 Å². The van der Waals surface area contributed by atoms with Gasteiger partial charge in [-0.2, -0.15) is 0 Å². The van der Waals surface area contributed by atoms with Gasteiger partial charge in [0.2, 0.25) is 5.95 Å². The highest BCUT2D eigenvalue weighted by molar-refractivity contribution is 5.95. The first-order chi connectivity index (χ1) is 21.6. The molecule has 1 amide bonds. The normalized spacial score (nSPS) is 16.5. The summed E-state index contributed by atoms with van der Waals surface area (Å²) in [6.45, 7) is 4.66. The summed E-state index contributed by atoms with van der Waals surface area (Å²) in [7, 11) is 3.25. The van der Waals surface area contributed by atoms with Crippen molar-refractivity contribution >= 4 is 45.4 Å². The van der Waals surface area contributed by atoms with Crippen LogP contribution in [-0.2, 0) is 16.6 Å². The molecule has 2 saturated heterocycles. The zero-order valence-electron chi connectivity index (χ0n) is 24.7. The average molecular weight is 615 g/mol. The molecule has 2 aromatic carbocycles. The zero-order chi connectivity index (χ0) is 31.5. The average Bonchev–Trinajstić information content (AvgIpc) is 3.36. The molecule has 5 aromatic rings. The van der Waals surface area contributed by atoms with Gasteiger partial charge in [0.05, 0.1) is 38.0 Å². The SMILES string of the molecule is C=C(COC)C(=O)N1CC(F)(F)C12CN(c1ncc3ncnc(Nc4ccc(Oc5ccc6c(c5)nnn6C)c(C)c4)c3n1)C2. The summed E-state index contributed by atoms with van der Waals surface area (Å²) in [6, 6.07) is 11.2. The van der Waals surface area contributed by atoms with Crippen molar-refractivity contribution in [2.45, 2.75) is 18.4 Å². The highest BCUT2D eigenvalue weighted by Crippen LogP contribution is 2.51. The van der Waals surface area contributed by atoms with Crippen molar-refractivity contribution < 1.29 is 23.0 Å². The second kappa shape index (κ2) is 10.4. The molecule has 2 aliphatic heterocycles. The highest BCUT2D eigenvalue weighted by Gasteiger charge is 2.74. The Balaban J connectivity index is 1.09. The van der Waals surface area contributed by atoms with Crippen LogP contribution in [0.2, 0.25) is 0 Å². The monoisotopic (exact) mass is 614 g/mol. The quantitative estimate of drug-likeness (QED) is 0.256. The summed E-state index contributed by atoms with van der Waals surface area (Å²) in [5.74, 6) is -1.63. The Bertz CT molecular complexity index is 1990. The third kappa shape index (κ3) is 4.66. The number of fused-ring (bicyclic) bond motifs is 2. The van der Waals surface area contributed by atoms with Gasteiger partial charge in [-0.05, 0) is 42.8 Å². The maximum absolute atomic E-state index is 14.8. The van der Waals surface area contributed by atoms with Gasteiger partial charge >= 0.3 is 0 Å². The molecule has 2 fully saturated rings. The van der Waals surface area contributed by atoms with Gasteiger partial charge in [-0.1, -0.05) is 11.8 Å². The van der Waals surface area contributed by atoms with E-state index in [1.165, 1.54) is 24.5 Å². The van der Waals surface area contributed by atoms with Gasteiger partial charge in [0.1, 0.15) is 39.9 Å². The number of nitrogens with zero attached hydrogens (tertiary/aromatic N) is 9. The maximum atomic E-state index is 14.8. The van der Waals surface area contributed by atoms with Crippen molar-refractivity contribution in [2.24, 2.45) is 7.05 Å². The summed E-state index contributed by atoms with van der Waals surface area (Å²) in [5.41, 5.74) is 2.60. The molecule has 0 bridgehead atoms. The minimum atomic E-state index is -3.05. The third-order valence-electron chi connectivity index (χ3n) is 8.22. The summed E-state index contributed by atoms with van der Waals surface area (Å²) >= 11 is 0. The Labute approximate surface area is 255 Å². The topological polar surface area (TPSA) is 136 Å². The molecular weight excluding hydrogens is 586 g/mol. The second-order valence-electron chi connectivity index (χ2n) is 11.2. The Morgan fingerprint density at radius 3 is 2.67 bits per heavy atom. The van der Waals surface area contributed by atoms with E-state index >= 15 is 0 Å². The van der Waals surface area contributed by atoms with Crippen LogP contribution in [-0.4, -0.2) is 90.5 Å². The number of aryl methyl sites for hydroxylation is 2. The number of likely N-dealkylation sites (tertiary alicyclic amines) is 1. The lowest BCUT2D eigenvalue weighted by Gasteiger charge is -2.65. The number of halogens is 2. The predicted octanol–water partition coefficient (Wildman–Crippen LogP) is 3.78. The summed E-state index contributed by atoms with van der Waals surface area (Å²) in [4.78, 5) is 33.2. The van der Waals surface area contributed by atoms with Crippen LogP contribution in [0.3, 0.4) is 0 Å². The van der Waals surface area contributed by atoms with E-state index in [1.807, 2.05) is 50.4 Å². The first-order valence-electron chi connectivity index (χ1n) is 14.0. The van der Waals surface area contributed by atoms with Crippen LogP contribution >= 0.6 is 0 Å². The molecule has 230 valence electrons. The minimum Gasteiger partial charge on any atom is -0.457 e. The molecule has 13 nitrogen and oxygen atoms in total. The van der Waals surface area contributed by atoms with E-state index in [9.17, 15) is 13.6 Å². The molecule has 15 heteroatoms. The number of nitrogens with one attached hydrogen (secondary N) is 1. The van der Waals surface area contributed by atoms with E-state index in [1.54, 1.807) is 9.58 Å². The lowest BCUT2D eigenvalue weighted by molar-refractivity contribution is -0.247. The molecule has 45 heavy (non-hydrogen) atoms. The van der Waals surface area contributed by atoms with Crippen molar-refractivity contribution in [3.05, 3.63) is 66.6 Å². The molecule has 1 spiro atoms. The number of rotatable bonds is 8. The first kappa shape index (κ1) is 28.5. The Kier molecular flexibility index (Phi) is 6.58. The lowest BCUT2D eigenvalue weighted by atomic mass is 9.73. The first-order valence-corrected chi connectivity index (χ1v) is 14.0. The van der Waals surface area contributed by atoms with E-state index in [-0.39, 0.29) is 31.2 Å². The Hall–Kier alpha value is -5.31. The van der Waals surface area contributed by atoms with Crippen molar-refractivity contribution in [3.8, 4) is 11.5 Å². The number of benzene rings is 2. The van der Waals surface area contributed by atoms with Gasteiger partial charge in [-0.15, -0.1) is 5.10 Å². The van der Waals surface area contributed by atoms with Crippen LogP contribution in [0, 0.1) is 6.92 Å². The van der Waals surface area contributed by atoms with E-state index in [2.05, 4.69) is 42.1 Å². The number of hydrogen-bond acceptors (Lipinski definition) is 11. The largest absolute Gasteiger partial charge is 0.457 e. The second-order valence-corrected chi connectivity index (χ2v) is 11.2. The number of amides is 1. The van der Waals surface area contributed by atoms with Gasteiger partial charge in [0.25, 0.3) is 11.8 Å². The van der Waals surface area contributed by atoms with Crippen LogP contribution in [0.5, 0.6) is 11.5 Å². The fourth-order valence-electron chi connectivity index (χ4n) is 5.70. The summed E-state index contributed by atoms with van der Waals surface area (Å²) in [6.07, 6.45) is 2.92. The summed E-state index contributed by atoms with van der Waals surface area (Å²) < 4.78 is 42.4. The fraction of sp³-hybridized carbons (Fsp3) is 0.300. The van der Waals surface area contributed by atoms with E-state index < -0.39 is 23.9 Å². The fourth-order valence-corrected chi connectivity index (χ4v) is 5.70. The molecular formula is C30H28F2N10O3. The van der Waals surface area contributed by atoms with Crippen molar-refractivity contribution in [3.63, 3.8) is 0 Å². The van der Waals surface area contributed by atoms with Crippen LogP contribution in [0.1, 0.15) is 5.56 Å². The number of alkyl halides is 2. The van der Waals surface area contributed by atoms with Crippen LogP contribution in [0.4, 0.5) is 26.2 Å². The molecule has 1 N–H and O–H groups in total. The number of carbonyl (C=O) groups excluding carboxylic acids is 1. The number of hydrogen-bond donors (Lipinski definition) is 1. The molecule has 0 saturated carbocycles. The van der Waals surface area contributed by atoms with E-state index in [0.717, 1.165) is 22.3 Å². The van der Waals surface area contributed by atoms with Crippen LogP contribution < -0.4 is 15.0 Å². The molecule has 7 rings (SSSR count). The number of anilines is 3.